The summed E-state index contributed by atoms with van der Waals surface area (Å²) in [6, 6.07) is 4.27. The van der Waals surface area contributed by atoms with E-state index >= 15 is 0 Å². The molecular formula is C23H29N7O2. The molecule has 0 spiro atoms. The summed E-state index contributed by atoms with van der Waals surface area (Å²) in [6.45, 7) is 8.98. The molecule has 168 valence electrons. The van der Waals surface area contributed by atoms with Crippen LogP contribution in [0.4, 0.5) is 0 Å². The van der Waals surface area contributed by atoms with Crippen LogP contribution in [0.15, 0.2) is 42.3 Å². The summed E-state index contributed by atoms with van der Waals surface area (Å²) in [7, 11) is 1.57. The molecule has 0 atom stereocenters. The highest BCUT2D eigenvalue weighted by Gasteiger charge is 2.18. The fraction of sp³-hybridized carbons (Fsp3) is 0.391. The molecule has 32 heavy (non-hydrogen) atoms. The Kier molecular flexibility index (Phi) is 7.63. The number of pyridine rings is 1. The predicted molar refractivity (Wildman–Crippen MR) is 124 cm³/mol. The number of hydrogen-bond donors (Lipinski definition) is 2. The van der Waals surface area contributed by atoms with Crippen molar-refractivity contribution >= 4 is 22.7 Å². The molecule has 4 rings (SSSR count). The molecule has 9 heteroatoms. The molecule has 2 aromatic heterocycles. The lowest BCUT2D eigenvalue weighted by molar-refractivity contribution is -0.124. The van der Waals surface area contributed by atoms with Crippen molar-refractivity contribution in [2.45, 2.75) is 25.8 Å². The number of carbonyl (C=O) groups is 1. The molecule has 2 saturated heterocycles. The summed E-state index contributed by atoms with van der Waals surface area (Å²) in [5.41, 5.74) is 9.48. The fourth-order valence-corrected chi connectivity index (χ4v) is 3.67. The largest absolute Gasteiger partial charge is 0.494 e. The van der Waals surface area contributed by atoms with Gasteiger partial charge in [0, 0.05) is 55.4 Å². The van der Waals surface area contributed by atoms with Crippen LogP contribution in [0.25, 0.3) is 11.1 Å². The second-order valence-electron chi connectivity index (χ2n) is 7.60. The standard InChI is InChI=1S/C16H18N6O.C7H11NO/c1-10(21-13-7-19-8-13)14(5-18)11-3-15(23-2)16-12(4-17)6-20-22(16)9-11;1-2-7(9)8-5-3-4-6-8/h3,5-6,9,13,19H,7-8,18H2,1-2H3;2H,1,3-6H2/b14-5+,21-10?;. The lowest BCUT2D eigenvalue weighted by atomic mass is 10.0. The van der Waals surface area contributed by atoms with E-state index in [-0.39, 0.29) is 5.91 Å². The van der Waals surface area contributed by atoms with Crippen molar-refractivity contribution in [2.24, 2.45) is 10.7 Å². The Morgan fingerprint density at radius 3 is 2.69 bits per heavy atom. The zero-order valence-electron chi connectivity index (χ0n) is 18.5. The van der Waals surface area contributed by atoms with E-state index in [2.05, 4.69) is 28.1 Å². The maximum absolute atomic E-state index is 10.8. The lowest BCUT2D eigenvalue weighted by Gasteiger charge is -2.24. The van der Waals surface area contributed by atoms with E-state index in [1.165, 1.54) is 12.3 Å². The minimum Gasteiger partial charge on any atom is -0.494 e. The van der Waals surface area contributed by atoms with E-state index in [0.29, 0.717) is 22.9 Å². The summed E-state index contributed by atoms with van der Waals surface area (Å²) in [6.07, 6.45) is 8.58. The van der Waals surface area contributed by atoms with Gasteiger partial charge in [-0.25, -0.2) is 4.52 Å². The number of amides is 1. The summed E-state index contributed by atoms with van der Waals surface area (Å²) in [5, 5.41) is 16.6. The first-order valence-corrected chi connectivity index (χ1v) is 10.6. The number of nitrogens with zero attached hydrogens (tertiary/aromatic N) is 5. The molecule has 0 aliphatic carbocycles. The molecule has 2 aromatic rings. The Hall–Kier alpha value is -3.64. The molecule has 0 radical (unpaired) electrons. The second kappa shape index (κ2) is 10.6. The second-order valence-corrected chi connectivity index (χ2v) is 7.60. The van der Waals surface area contributed by atoms with Crippen LogP contribution in [0, 0.1) is 11.3 Å². The number of methoxy groups -OCH3 is 1. The normalized spacial score (nSPS) is 16.7. The zero-order chi connectivity index (χ0) is 23.1. The Bertz CT molecular complexity index is 1080. The van der Waals surface area contributed by atoms with Gasteiger partial charge in [0.1, 0.15) is 22.9 Å². The maximum atomic E-state index is 10.8. The Morgan fingerprint density at radius 2 is 2.16 bits per heavy atom. The van der Waals surface area contributed by atoms with Gasteiger partial charge in [-0.3, -0.25) is 9.79 Å². The minimum atomic E-state index is 0.0764. The maximum Gasteiger partial charge on any atom is 0.245 e. The summed E-state index contributed by atoms with van der Waals surface area (Å²) in [5.74, 6) is 0.654. The number of nitrogens with two attached hydrogens (primary N) is 1. The highest BCUT2D eigenvalue weighted by Crippen LogP contribution is 2.28. The number of fused-ring (bicyclic) bond motifs is 1. The average Bonchev–Trinajstić information content (AvgIpc) is 3.46. The number of allylic oxidation sites excluding steroid dienone is 1. The van der Waals surface area contributed by atoms with Gasteiger partial charge in [-0.05, 0) is 31.9 Å². The van der Waals surface area contributed by atoms with E-state index in [0.717, 1.165) is 55.9 Å². The third-order valence-corrected chi connectivity index (χ3v) is 5.51. The van der Waals surface area contributed by atoms with E-state index in [9.17, 15) is 10.1 Å². The Labute approximate surface area is 187 Å². The predicted octanol–water partition coefficient (Wildman–Crippen LogP) is 1.74. The van der Waals surface area contributed by atoms with Crippen LogP contribution in [-0.4, -0.2) is 65.5 Å². The van der Waals surface area contributed by atoms with Gasteiger partial charge in [0.2, 0.25) is 5.91 Å². The van der Waals surface area contributed by atoms with Crippen molar-refractivity contribution < 1.29 is 9.53 Å². The van der Waals surface area contributed by atoms with Gasteiger partial charge in [0.05, 0.1) is 19.3 Å². The van der Waals surface area contributed by atoms with Crippen molar-refractivity contribution in [3.63, 3.8) is 0 Å². The Morgan fingerprint density at radius 1 is 1.44 bits per heavy atom. The molecule has 1 amide bonds. The summed E-state index contributed by atoms with van der Waals surface area (Å²) in [4.78, 5) is 17.3. The van der Waals surface area contributed by atoms with Crippen molar-refractivity contribution in [1.29, 1.82) is 5.26 Å². The summed E-state index contributed by atoms with van der Waals surface area (Å²) >= 11 is 0. The molecule has 2 aliphatic rings. The van der Waals surface area contributed by atoms with Crippen LogP contribution in [0.5, 0.6) is 5.75 Å². The van der Waals surface area contributed by atoms with Crippen LogP contribution in [0.2, 0.25) is 0 Å². The molecule has 2 fully saturated rings. The number of ether oxygens (including phenoxy) is 1. The molecule has 0 bridgehead atoms. The number of hydrogen-bond acceptors (Lipinski definition) is 7. The molecule has 0 saturated carbocycles. The fourth-order valence-electron chi connectivity index (χ4n) is 3.67. The lowest BCUT2D eigenvalue weighted by Crippen LogP contribution is -2.45. The first-order valence-electron chi connectivity index (χ1n) is 10.6. The van der Waals surface area contributed by atoms with E-state index in [4.69, 9.17) is 10.5 Å². The van der Waals surface area contributed by atoms with Gasteiger partial charge >= 0.3 is 0 Å². The van der Waals surface area contributed by atoms with Gasteiger partial charge in [-0.1, -0.05) is 6.58 Å². The van der Waals surface area contributed by atoms with Gasteiger partial charge in [-0.2, -0.15) is 10.4 Å². The first-order chi connectivity index (χ1) is 15.5. The minimum absolute atomic E-state index is 0.0764. The Balaban J connectivity index is 0.000000269. The monoisotopic (exact) mass is 435 g/mol. The van der Waals surface area contributed by atoms with Crippen LogP contribution in [-0.2, 0) is 4.79 Å². The van der Waals surface area contributed by atoms with E-state index < -0.39 is 0 Å². The molecular weight excluding hydrogens is 406 g/mol. The number of nitrogens with one attached hydrogen (secondary N) is 1. The SMILES string of the molecule is C=CC(=O)N1CCCC1.COc1cc(/C(=C/N)C(C)=NC2CNC2)cn2ncc(C#N)c12. The highest BCUT2D eigenvalue weighted by atomic mass is 16.5. The van der Waals surface area contributed by atoms with Gasteiger partial charge in [0.15, 0.2) is 0 Å². The van der Waals surface area contributed by atoms with E-state index in [1.807, 2.05) is 24.1 Å². The quantitative estimate of drug-likeness (QED) is 0.545. The average molecular weight is 436 g/mol. The van der Waals surface area contributed by atoms with Crippen LogP contribution < -0.4 is 15.8 Å². The molecule has 0 unspecified atom stereocenters. The van der Waals surface area contributed by atoms with Crippen LogP contribution in [0.1, 0.15) is 30.9 Å². The van der Waals surface area contributed by atoms with Crippen molar-refractivity contribution in [3.05, 3.63) is 48.4 Å². The van der Waals surface area contributed by atoms with Crippen molar-refractivity contribution in [1.82, 2.24) is 19.8 Å². The van der Waals surface area contributed by atoms with Gasteiger partial charge in [0.25, 0.3) is 0 Å². The number of nitriles is 1. The third kappa shape index (κ3) is 4.98. The topological polar surface area (TPSA) is 121 Å². The summed E-state index contributed by atoms with van der Waals surface area (Å²) < 4.78 is 7.06. The van der Waals surface area contributed by atoms with E-state index in [1.54, 1.807) is 17.8 Å². The zero-order valence-corrected chi connectivity index (χ0v) is 18.5. The number of carbonyl (C=O) groups excluding carboxylic acids is 1. The molecule has 9 nitrogen and oxygen atoms in total. The molecule has 0 aromatic carbocycles. The smallest absolute Gasteiger partial charge is 0.245 e. The molecule has 3 N–H and O–H groups in total. The number of likely N-dealkylation sites (tertiary alicyclic amines) is 1. The third-order valence-electron chi connectivity index (χ3n) is 5.51. The number of aromatic nitrogens is 2. The number of aliphatic imine (C=N–C) groups is 1. The molecule has 4 heterocycles. The van der Waals surface area contributed by atoms with Crippen molar-refractivity contribution in [2.75, 3.05) is 33.3 Å². The van der Waals surface area contributed by atoms with Gasteiger partial charge < -0.3 is 20.7 Å². The van der Waals surface area contributed by atoms with Crippen LogP contribution >= 0.6 is 0 Å². The van der Waals surface area contributed by atoms with Crippen LogP contribution in [0.3, 0.4) is 0 Å². The van der Waals surface area contributed by atoms with Crippen molar-refractivity contribution in [3.8, 4) is 11.8 Å². The number of rotatable bonds is 5. The highest BCUT2D eigenvalue weighted by molar-refractivity contribution is 6.22. The first kappa shape index (κ1) is 23.0. The molecule has 2 aliphatic heterocycles. The van der Waals surface area contributed by atoms with Gasteiger partial charge in [-0.15, -0.1) is 0 Å².